The lowest BCUT2D eigenvalue weighted by atomic mass is 9.72. The van der Waals surface area contributed by atoms with E-state index in [9.17, 15) is 14.4 Å². The summed E-state index contributed by atoms with van der Waals surface area (Å²) in [5.41, 5.74) is 4.90. The van der Waals surface area contributed by atoms with Crippen molar-refractivity contribution in [1.29, 1.82) is 0 Å². The van der Waals surface area contributed by atoms with E-state index in [1.807, 2.05) is 0 Å². The summed E-state index contributed by atoms with van der Waals surface area (Å²) in [7, 11) is 2.26. The number of pyridine rings is 1. The average molecular weight is 525 g/mol. The van der Waals surface area contributed by atoms with Crippen LogP contribution in [0.5, 0.6) is 0 Å². The first-order chi connectivity index (χ1) is 18.2. The number of likely N-dealkylation sites (tertiary alicyclic amines) is 1. The Hall–Kier alpha value is -3.80. The van der Waals surface area contributed by atoms with Gasteiger partial charge in [-0.25, -0.2) is 9.59 Å². The van der Waals surface area contributed by atoms with E-state index in [-0.39, 0.29) is 5.91 Å². The lowest BCUT2D eigenvalue weighted by molar-refractivity contribution is -0.165. The number of aromatic nitrogens is 2. The van der Waals surface area contributed by atoms with E-state index in [1.165, 1.54) is 28.5 Å². The van der Waals surface area contributed by atoms with E-state index in [2.05, 4.69) is 51.6 Å². The zero-order chi connectivity index (χ0) is 27.4. The van der Waals surface area contributed by atoms with Crippen LogP contribution in [0.4, 0.5) is 0 Å². The lowest BCUT2D eigenvalue weighted by Gasteiger charge is -2.45. The number of fused-ring (bicyclic) bond motifs is 2. The molecule has 1 aliphatic heterocycles. The van der Waals surface area contributed by atoms with Gasteiger partial charge in [0.15, 0.2) is 12.2 Å². The van der Waals surface area contributed by atoms with Gasteiger partial charge in [0, 0.05) is 60.1 Å². The molecule has 1 amide bonds. The minimum absolute atomic E-state index is 0.0103. The number of carbonyl (C=O) groups excluding carboxylic acids is 1. The molecular weight excluding hydrogens is 492 g/mol. The smallest absolute Gasteiger partial charge is 0.335 e. The van der Waals surface area contributed by atoms with Gasteiger partial charge >= 0.3 is 11.9 Å². The molecule has 1 saturated heterocycles. The van der Waals surface area contributed by atoms with Crippen molar-refractivity contribution >= 4 is 28.7 Å². The van der Waals surface area contributed by atoms with Crippen molar-refractivity contribution in [3.63, 3.8) is 0 Å². The number of carbonyl (C=O) groups is 3. The molecule has 0 radical (unpaired) electrons. The second-order valence-electron chi connectivity index (χ2n) is 9.85. The molecule has 38 heavy (non-hydrogen) atoms. The van der Waals surface area contributed by atoms with Crippen LogP contribution in [-0.2, 0) is 16.0 Å². The molecule has 5 rings (SSSR count). The second kappa shape index (κ2) is 11.7. The second-order valence-corrected chi connectivity index (χ2v) is 9.85. The van der Waals surface area contributed by atoms with Crippen LogP contribution >= 0.6 is 0 Å². The maximum Gasteiger partial charge on any atom is 0.335 e. The molecule has 1 aliphatic carbocycles. The highest BCUT2D eigenvalue weighted by Gasteiger charge is 2.39. The number of H-pyrrole nitrogens is 1. The van der Waals surface area contributed by atoms with E-state index < -0.39 is 24.1 Å². The molecule has 202 valence electrons. The molecule has 3 heterocycles. The highest BCUT2D eigenvalue weighted by Crippen LogP contribution is 2.44. The van der Waals surface area contributed by atoms with Gasteiger partial charge in [-0.05, 0) is 61.6 Å². The van der Waals surface area contributed by atoms with E-state index in [0.717, 1.165) is 25.9 Å². The van der Waals surface area contributed by atoms with Crippen molar-refractivity contribution in [3.8, 4) is 0 Å². The molecule has 3 aromatic rings. The van der Waals surface area contributed by atoms with Crippen molar-refractivity contribution < 1.29 is 34.8 Å². The zero-order valence-corrected chi connectivity index (χ0v) is 20.9. The fraction of sp³-hybridized carbons (Fsp3) is 0.407. The molecule has 5 atom stereocenters. The number of likely N-dealkylation sites (N-methyl/N-ethyl adjacent to an activating group) is 1. The number of hydrogen-bond acceptors (Lipinski definition) is 7. The molecule has 0 spiro atoms. The number of benzene rings is 1. The van der Waals surface area contributed by atoms with Gasteiger partial charge in [-0.2, -0.15) is 0 Å². The fourth-order valence-corrected chi connectivity index (χ4v) is 5.53. The Morgan fingerprint density at radius 2 is 1.79 bits per heavy atom. The molecule has 6 N–H and O–H groups in total. The van der Waals surface area contributed by atoms with E-state index >= 15 is 0 Å². The van der Waals surface area contributed by atoms with Crippen LogP contribution in [0, 0.1) is 5.92 Å². The predicted molar refractivity (Wildman–Crippen MR) is 138 cm³/mol. The molecule has 11 nitrogen and oxygen atoms in total. The number of piperidine rings is 1. The largest absolute Gasteiger partial charge is 0.479 e. The lowest BCUT2D eigenvalue weighted by Crippen LogP contribution is -2.48. The Bertz CT molecular complexity index is 1280. The topological polar surface area (TPSA) is 176 Å². The van der Waals surface area contributed by atoms with Crippen LogP contribution in [-0.4, -0.2) is 91.5 Å². The van der Waals surface area contributed by atoms with Crippen molar-refractivity contribution in [3.05, 3.63) is 65.6 Å². The van der Waals surface area contributed by atoms with Crippen LogP contribution < -0.4 is 5.32 Å². The summed E-state index contributed by atoms with van der Waals surface area (Å²) in [6.45, 7) is 1.82. The quantitative estimate of drug-likeness (QED) is 0.265. The fourth-order valence-electron chi connectivity index (χ4n) is 5.53. The summed E-state index contributed by atoms with van der Waals surface area (Å²) in [5, 5.41) is 37.0. The molecule has 2 aliphatic rings. The molecule has 2 aromatic heterocycles. The molecule has 0 bridgehead atoms. The minimum Gasteiger partial charge on any atom is -0.479 e. The van der Waals surface area contributed by atoms with Gasteiger partial charge in [0.1, 0.15) is 0 Å². The van der Waals surface area contributed by atoms with Crippen molar-refractivity contribution in [2.75, 3.05) is 20.1 Å². The number of carboxylic acid groups (broad SMARTS) is 2. The third-order valence-corrected chi connectivity index (χ3v) is 7.40. The van der Waals surface area contributed by atoms with Crippen LogP contribution in [0.15, 0.2) is 48.9 Å². The normalized spacial score (nSPS) is 21.9. The van der Waals surface area contributed by atoms with Crippen LogP contribution in [0.25, 0.3) is 10.9 Å². The molecule has 0 saturated carbocycles. The van der Waals surface area contributed by atoms with E-state index in [1.54, 1.807) is 24.5 Å². The first-order valence-corrected chi connectivity index (χ1v) is 12.5. The number of rotatable bonds is 7. The number of hydrogen-bond donors (Lipinski definition) is 6. The average Bonchev–Trinajstić information content (AvgIpc) is 3.33. The zero-order valence-electron chi connectivity index (χ0n) is 20.9. The maximum atomic E-state index is 12.3. The summed E-state index contributed by atoms with van der Waals surface area (Å²) in [5.74, 6) is -2.37. The number of nitrogens with zero attached hydrogens (tertiary/aromatic N) is 2. The minimum atomic E-state index is -2.27. The Morgan fingerprint density at radius 1 is 1.11 bits per heavy atom. The summed E-state index contributed by atoms with van der Waals surface area (Å²) in [6, 6.07) is 10.8. The van der Waals surface area contributed by atoms with Gasteiger partial charge < -0.3 is 35.6 Å². The highest BCUT2D eigenvalue weighted by molar-refractivity contribution is 5.94. The summed E-state index contributed by atoms with van der Waals surface area (Å²) < 4.78 is 0. The molecule has 1 unspecified atom stereocenters. The third kappa shape index (κ3) is 5.85. The molecule has 11 heteroatoms. The summed E-state index contributed by atoms with van der Waals surface area (Å²) >= 11 is 0. The highest BCUT2D eigenvalue weighted by atomic mass is 16.4. The Balaban J connectivity index is 0.000000289. The SMILES string of the molecule is CN1C[C@H](CCNC(=O)c2ccncc2)CC2c3cccc4[nH]cc(c34)C[C@H]21.O=C(O)[C@H](O)[C@@H](O)C(=O)O. The molecule has 1 fully saturated rings. The summed E-state index contributed by atoms with van der Waals surface area (Å²) in [6.07, 6.45) is 4.32. The van der Waals surface area contributed by atoms with Gasteiger partial charge in [0.05, 0.1) is 0 Å². The van der Waals surface area contributed by atoms with Crippen LogP contribution in [0.3, 0.4) is 0 Å². The molecule has 1 aromatic carbocycles. The first kappa shape index (κ1) is 27.2. The van der Waals surface area contributed by atoms with E-state index in [4.69, 9.17) is 20.4 Å². The standard InChI is InChI=1S/C23H26N4O.C4H6O6/c1-27-14-15(5-10-25-23(28)16-6-8-24-9-7-16)11-19-18-3-2-4-20-22(18)17(13-26-20)12-21(19)27;5-1(3(7)8)2(6)4(9)10/h2-4,6-9,13,15,19,21,26H,5,10-12,14H2,1H3,(H,25,28);1-2,5-6H,(H,7,8)(H,9,10)/t15-,19?,21-;1-,2-/m11/s1. The van der Waals surface area contributed by atoms with E-state index in [0.29, 0.717) is 23.4 Å². The van der Waals surface area contributed by atoms with Crippen molar-refractivity contribution in [2.24, 2.45) is 5.92 Å². The Labute approximate surface area is 219 Å². The van der Waals surface area contributed by atoms with Gasteiger partial charge in [-0.3, -0.25) is 9.78 Å². The number of aromatic amines is 1. The van der Waals surface area contributed by atoms with Crippen molar-refractivity contribution in [1.82, 2.24) is 20.2 Å². The van der Waals surface area contributed by atoms with Gasteiger partial charge in [0.25, 0.3) is 5.91 Å². The number of nitrogens with one attached hydrogen (secondary N) is 2. The number of carboxylic acids is 2. The Morgan fingerprint density at radius 3 is 2.45 bits per heavy atom. The monoisotopic (exact) mass is 524 g/mol. The maximum absolute atomic E-state index is 12.3. The number of aliphatic hydroxyl groups is 2. The van der Waals surface area contributed by atoms with Crippen LogP contribution in [0.2, 0.25) is 0 Å². The van der Waals surface area contributed by atoms with Crippen molar-refractivity contribution in [2.45, 2.75) is 43.4 Å². The first-order valence-electron chi connectivity index (χ1n) is 12.5. The van der Waals surface area contributed by atoms with Gasteiger partial charge in [-0.1, -0.05) is 12.1 Å². The third-order valence-electron chi connectivity index (χ3n) is 7.40. The van der Waals surface area contributed by atoms with Gasteiger partial charge in [0.2, 0.25) is 0 Å². The van der Waals surface area contributed by atoms with Crippen LogP contribution in [0.1, 0.15) is 40.2 Å². The number of aliphatic hydroxyl groups excluding tert-OH is 2. The molecular formula is C27H32N4O7. The Kier molecular flexibility index (Phi) is 8.40. The number of aliphatic carboxylic acids is 2. The number of amides is 1. The summed E-state index contributed by atoms with van der Waals surface area (Å²) in [4.78, 5) is 41.8. The predicted octanol–water partition coefficient (Wildman–Crippen LogP) is 1.22. The van der Waals surface area contributed by atoms with Gasteiger partial charge in [-0.15, -0.1) is 0 Å².